The van der Waals surface area contributed by atoms with Gasteiger partial charge in [0.25, 0.3) is 5.91 Å². The molecule has 0 unspecified atom stereocenters. The number of aromatic nitrogens is 2. The second-order valence-corrected chi connectivity index (χ2v) is 8.77. The number of anilines is 1. The van der Waals surface area contributed by atoms with Crippen LogP contribution in [0.25, 0.3) is 5.65 Å². The number of pyridine rings is 1. The van der Waals surface area contributed by atoms with Crippen molar-refractivity contribution < 1.29 is 18.4 Å². The Morgan fingerprint density at radius 2 is 1.77 bits per heavy atom. The maximum atomic E-state index is 14.0. The molecule has 0 spiro atoms. The average Bonchev–Trinajstić information content (AvgIpc) is 3.32. The molecule has 3 heterocycles. The van der Waals surface area contributed by atoms with Gasteiger partial charge in [-0.1, -0.05) is 18.2 Å². The topological polar surface area (TPSA) is 66.7 Å². The number of likely N-dealkylation sites (tertiary alicyclic amines) is 1. The SMILES string of the molecule is O=C(Cc1ccc2nccn2c1)Nc1ccc(C2CCN(C(=O)c3ccc(F)cc3F)CC2)cc1. The maximum absolute atomic E-state index is 14.0. The van der Waals surface area contributed by atoms with Gasteiger partial charge >= 0.3 is 0 Å². The molecule has 1 fully saturated rings. The van der Waals surface area contributed by atoms with Gasteiger partial charge < -0.3 is 14.6 Å². The van der Waals surface area contributed by atoms with Gasteiger partial charge in [0.15, 0.2) is 0 Å². The first-order chi connectivity index (χ1) is 17.0. The van der Waals surface area contributed by atoms with E-state index in [1.807, 2.05) is 53.2 Å². The molecule has 1 aliphatic heterocycles. The largest absolute Gasteiger partial charge is 0.339 e. The lowest BCUT2D eigenvalue weighted by atomic mass is 9.89. The van der Waals surface area contributed by atoms with Gasteiger partial charge in [0.05, 0.1) is 12.0 Å². The van der Waals surface area contributed by atoms with Crippen molar-refractivity contribution in [2.75, 3.05) is 18.4 Å². The molecule has 4 aromatic rings. The van der Waals surface area contributed by atoms with E-state index < -0.39 is 17.5 Å². The number of benzene rings is 2. The van der Waals surface area contributed by atoms with Gasteiger partial charge in [-0.15, -0.1) is 0 Å². The van der Waals surface area contributed by atoms with Gasteiger partial charge in [0.2, 0.25) is 5.91 Å². The molecule has 0 radical (unpaired) electrons. The van der Waals surface area contributed by atoms with Crippen molar-refractivity contribution >= 4 is 23.1 Å². The second kappa shape index (κ2) is 9.66. The fraction of sp³-hybridized carbons (Fsp3) is 0.222. The predicted molar refractivity (Wildman–Crippen MR) is 128 cm³/mol. The number of nitrogens with zero attached hydrogens (tertiary/aromatic N) is 3. The summed E-state index contributed by atoms with van der Waals surface area (Å²) in [7, 11) is 0. The van der Waals surface area contributed by atoms with Crippen molar-refractivity contribution in [1.82, 2.24) is 14.3 Å². The number of halogens is 2. The highest BCUT2D eigenvalue weighted by Gasteiger charge is 2.26. The van der Waals surface area contributed by atoms with Crippen LogP contribution in [0.15, 0.2) is 73.2 Å². The zero-order valence-corrected chi connectivity index (χ0v) is 19.0. The third-order valence-corrected chi connectivity index (χ3v) is 6.42. The molecule has 2 amide bonds. The van der Waals surface area contributed by atoms with E-state index in [1.54, 1.807) is 11.1 Å². The van der Waals surface area contributed by atoms with Crippen LogP contribution in [-0.2, 0) is 11.2 Å². The van der Waals surface area contributed by atoms with E-state index in [0.717, 1.165) is 47.4 Å². The van der Waals surface area contributed by atoms with E-state index in [9.17, 15) is 18.4 Å². The summed E-state index contributed by atoms with van der Waals surface area (Å²) in [5, 5.41) is 2.93. The standard InChI is InChI=1S/C27H24F2N4O2/c28-21-4-7-23(24(29)16-21)27(35)32-12-9-20(10-13-32)19-2-5-22(6-3-19)31-26(34)15-18-1-8-25-30-11-14-33(25)17-18/h1-8,11,14,16-17,20H,9-10,12-13,15H2,(H,31,34). The minimum atomic E-state index is -0.836. The molecule has 0 aliphatic carbocycles. The van der Waals surface area contributed by atoms with Crippen LogP contribution in [0.4, 0.5) is 14.5 Å². The molecule has 2 aromatic carbocycles. The highest BCUT2D eigenvalue weighted by Crippen LogP contribution is 2.30. The number of carbonyl (C=O) groups excluding carboxylic acids is 2. The summed E-state index contributed by atoms with van der Waals surface area (Å²) in [5.74, 6) is -1.78. The van der Waals surface area contributed by atoms with Gasteiger partial charge in [-0.05, 0) is 60.2 Å². The van der Waals surface area contributed by atoms with Gasteiger partial charge in [0.1, 0.15) is 17.3 Å². The number of carbonyl (C=O) groups is 2. The zero-order valence-electron chi connectivity index (χ0n) is 19.0. The van der Waals surface area contributed by atoms with Crippen LogP contribution >= 0.6 is 0 Å². The van der Waals surface area contributed by atoms with E-state index in [2.05, 4.69) is 10.3 Å². The summed E-state index contributed by atoms with van der Waals surface area (Å²) in [6, 6.07) is 14.6. The van der Waals surface area contributed by atoms with E-state index >= 15 is 0 Å². The molecule has 1 aliphatic rings. The Hall–Kier alpha value is -4.07. The number of nitrogens with one attached hydrogen (secondary N) is 1. The first-order valence-electron chi connectivity index (χ1n) is 11.5. The Labute approximate surface area is 201 Å². The Morgan fingerprint density at radius 1 is 1.00 bits per heavy atom. The van der Waals surface area contributed by atoms with E-state index in [0.29, 0.717) is 13.1 Å². The molecule has 35 heavy (non-hydrogen) atoms. The lowest BCUT2D eigenvalue weighted by Gasteiger charge is -2.32. The molecule has 0 bridgehead atoms. The van der Waals surface area contributed by atoms with Crippen LogP contribution in [0, 0.1) is 11.6 Å². The van der Waals surface area contributed by atoms with Crippen LogP contribution in [0.5, 0.6) is 0 Å². The Bertz CT molecular complexity index is 1380. The Morgan fingerprint density at radius 3 is 2.51 bits per heavy atom. The number of imidazole rings is 1. The van der Waals surface area contributed by atoms with E-state index in [1.165, 1.54) is 6.07 Å². The molecule has 178 valence electrons. The fourth-order valence-electron chi connectivity index (χ4n) is 4.55. The zero-order chi connectivity index (χ0) is 24.4. The number of hydrogen-bond donors (Lipinski definition) is 1. The van der Waals surface area contributed by atoms with Gasteiger partial charge in [-0.3, -0.25) is 9.59 Å². The minimum absolute atomic E-state index is 0.0999. The Kier molecular flexibility index (Phi) is 6.27. The van der Waals surface area contributed by atoms with Crippen LogP contribution in [0.2, 0.25) is 0 Å². The number of rotatable bonds is 5. The van der Waals surface area contributed by atoms with Gasteiger partial charge in [-0.25, -0.2) is 13.8 Å². The number of fused-ring (bicyclic) bond motifs is 1. The monoisotopic (exact) mass is 474 g/mol. The molecule has 0 atom stereocenters. The first kappa shape index (κ1) is 22.7. The molecule has 1 saturated heterocycles. The molecule has 5 rings (SSSR count). The van der Waals surface area contributed by atoms with E-state index in [-0.39, 0.29) is 23.8 Å². The van der Waals surface area contributed by atoms with Crippen molar-refractivity contribution in [2.45, 2.75) is 25.2 Å². The molecule has 8 heteroatoms. The van der Waals surface area contributed by atoms with Gasteiger partial charge in [0, 0.05) is 43.4 Å². The van der Waals surface area contributed by atoms with Crippen LogP contribution in [-0.4, -0.2) is 39.2 Å². The normalized spacial score (nSPS) is 14.3. The van der Waals surface area contributed by atoms with Crippen molar-refractivity contribution in [3.8, 4) is 0 Å². The predicted octanol–water partition coefficient (Wildman–Crippen LogP) is 4.81. The molecule has 0 saturated carbocycles. The number of hydrogen-bond acceptors (Lipinski definition) is 3. The van der Waals surface area contributed by atoms with E-state index in [4.69, 9.17) is 0 Å². The van der Waals surface area contributed by atoms with Crippen LogP contribution < -0.4 is 5.32 Å². The Balaban J connectivity index is 1.15. The van der Waals surface area contributed by atoms with Crippen LogP contribution in [0.1, 0.15) is 40.2 Å². The summed E-state index contributed by atoms with van der Waals surface area (Å²) in [6.07, 6.45) is 7.21. The van der Waals surface area contributed by atoms with Crippen molar-refractivity contribution in [2.24, 2.45) is 0 Å². The smallest absolute Gasteiger partial charge is 0.256 e. The number of amides is 2. The molecular weight excluding hydrogens is 450 g/mol. The minimum Gasteiger partial charge on any atom is -0.339 e. The summed E-state index contributed by atoms with van der Waals surface area (Å²) in [6.45, 7) is 1.00. The summed E-state index contributed by atoms with van der Waals surface area (Å²) < 4.78 is 29.0. The summed E-state index contributed by atoms with van der Waals surface area (Å²) >= 11 is 0. The molecule has 1 N–H and O–H groups in total. The first-order valence-corrected chi connectivity index (χ1v) is 11.5. The van der Waals surface area contributed by atoms with Crippen molar-refractivity contribution in [3.05, 3.63) is 102 Å². The third-order valence-electron chi connectivity index (χ3n) is 6.42. The lowest BCUT2D eigenvalue weighted by molar-refractivity contribution is -0.115. The quantitative estimate of drug-likeness (QED) is 0.451. The highest BCUT2D eigenvalue weighted by molar-refractivity contribution is 5.94. The third kappa shape index (κ3) is 5.06. The molecular formula is C27H24F2N4O2. The number of piperidine rings is 1. The lowest BCUT2D eigenvalue weighted by Crippen LogP contribution is -2.38. The fourth-order valence-corrected chi connectivity index (χ4v) is 4.55. The highest BCUT2D eigenvalue weighted by atomic mass is 19.1. The van der Waals surface area contributed by atoms with Crippen LogP contribution in [0.3, 0.4) is 0 Å². The maximum Gasteiger partial charge on any atom is 0.256 e. The second-order valence-electron chi connectivity index (χ2n) is 8.77. The summed E-state index contributed by atoms with van der Waals surface area (Å²) in [4.78, 5) is 30.9. The summed E-state index contributed by atoms with van der Waals surface area (Å²) in [5.41, 5.74) is 3.49. The van der Waals surface area contributed by atoms with Crippen molar-refractivity contribution in [3.63, 3.8) is 0 Å². The molecule has 2 aromatic heterocycles. The van der Waals surface area contributed by atoms with Gasteiger partial charge in [-0.2, -0.15) is 0 Å². The average molecular weight is 475 g/mol. The van der Waals surface area contributed by atoms with Crippen molar-refractivity contribution in [1.29, 1.82) is 0 Å². The molecule has 6 nitrogen and oxygen atoms in total.